The minimum atomic E-state index is -0.858. The van der Waals surface area contributed by atoms with Gasteiger partial charge >= 0.3 is 5.97 Å². The molecule has 0 aliphatic heterocycles. The summed E-state index contributed by atoms with van der Waals surface area (Å²) in [7, 11) is 1.63. The molecule has 1 aliphatic carbocycles. The number of nitro groups is 1. The summed E-state index contributed by atoms with van der Waals surface area (Å²) in [5.74, 6) is -1.72. The lowest BCUT2D eigenvalue weighted by atomic mass is 10.1. The number of carbonyl (C=O) groups excluding carboxylic acids is 2. The van der Waals surface area contributed by atoms with E-state index in [2.05, 4.69) is 0 Å². The summed E-state index contributed by atoms with van der Waals surface area (Å²) in [6, 6.07) is 8.47. The van der Waals surface area contributed by atoms with Crippen molar-refractivity contribution in [3.63, 3.8) is 0 Å². The zero-order valence-corrected chi connectivity index (χ0v) is 12.5. The molecule has 118 valence electrons. The van der Waals surface area contributed by atoms with Crippen LogP contribution in [-0.4, -0.2) is 41.4 Å². The number of esters is 1. The van der Waals surface area contributed by atoms with Crippen LogP contribution in [0.3, 0.4) is 0 Å². The summed E-state index contributed by atoms with van der Waals surface area (Å²) in [4.78, 5) is 35.1. The van der Waals surface area contributed by atoms with E-state index >= 15 is 0 Å². The topological polar surface area (TPSA) is 89.8 Å². The van der Waals surface area contributed by atoms with E-state index in [0.29, 0.717) is 0 Å². The summed E-state index contributed by atoms with van der Waals surface area (Å²) < 4.78 is 4.88. The third kappa shape index (κ3) is 3.60. The number of likely N-dealkylation sites (N-methyl/N-ethyl adjacent to an activating group) is 1. The number of ether oxygens (including phenoxy) is 1. The van der Waals surface area contributed by atoms with Crippen LogP contribution in [0.25, 0.3) is 0 Å². The van der Waals surface area contributed by atoms with Crippen molar-refractivity contribution in [2.75, 3.05) is 13.7 Å². The molecule has 3 atom stereocenters. The lowest BCUT2D eigenvalue weighted by Gasteiger charge is -2.25. The standard InChI is InChI=1S/C15H18N2O5/c1-10(11-6-4-3-5-7-11)16(2)14(18)9-22-15(19)12-8-13(12)17(20)21/h3-7,10,12-13H,8-9H2,1-2H3. The number of hydrogen-bond donors (Lipinski definition) is 0. The molecule has 1 aliphatic rings. The Morgan fingerprint density at radius 1 is 1.41 bits per heavy atom. The lowest BCUT2D eigenvalue weighted by molar-refractivity contribution is -0.497. The maximum atomic E-state index is 12.0. The molecule has 1 aromatic rings. The van der Waals surface area contributed by atoms with Crippen LogP contribution < -0.4 is 0 Å². The van der Waals surface area contributed by atoms with Crippen molar-refractivity contribution in [3.8, 4) is 0 Å². The highest BCUT2D eigenvalue weighted by Gasteiger charge is 2.54. The fourth-order valence-electron chi connectivity index (χ4n) is 2.18. The Hall–Kier alpha value is -2.44. The summed E-state index contributed by atoms with van der Waals surface area (Å²) in [5, 5.41) is 10.5. The first-order valence-electron chi connectivity index (χ1n) is 7.02. The monoisotopic (exact) mass is 306 g/mol. The number of rotatable bonds is 6. The second kappa shape index (κ2) is 6.55. The second-order valence-corrected chi connectivity index (χ2v) is 5.39. The second-order valence-electron chi connectivity index (χ2n) is 5.39. The molecular formula is C15H18N2O5. The van der Waals surface area contributed by atoms with Gasteiger partial charge in [-0.25, -0.2) is 0 Å². The highest BCUT2D eigenvalue weighted by atomic mass is 16.6. The largest absolute Gasteiger partial charge is 0.455 e. The lowest BCUT2D eigenvalue weighted by Crippen LogP contribution is -2.33. The van der Waals surface area contributed by atoms with Gasteiger partial charge in [0, 0.05) is 18.4 Å². The van der Waals surface area contributed by atoms with Crippen LogP contribution in [0.4, 0.5) is 0 Å². The quantitative estimate of drug-likeness (QED) is 0.450. The van der Waals surface area contributed by atoms with Gasteiger partial charge < -0.3 is 9.64 Å². The smallest absolute Gasteiger partial charge is 0.316 e. The van der Waals surface area contributed by atoms with Gasteiger partial charge in [-0.1, -0.05) is 30.3 Å². The molecule has 1 saturated carbocycles. The first kappa shape index (κ1) is 15.9. The Bertz CT molecular complexity index is 575. The zero-order chi connectivity index (χ0) is 16.3. The molecule has 22 heavy (non-hydrogen) atoms. The number of benzene rings is 1. The van der Waals surface area contributed by atoms with Crippen LogP contribution in [0.15, 0.2) is 30.3 Å². The number of hydrogen-bond acceptors (Lipinski definition) is 5. The molecule has 0 aromatic heterocycles. The Kier molecular flexibility index (Phi) is 4.75. The maximum Gasteiger partial charge on any atom is 0.316 e. The molecule has 1 fully saturated rings. The molecule has 3 unspecified atom stereocenters. The first-order chi connectivity index (χ1) is 10.4. The maximum absolute atomic E-state index is 12.0. The third-order valence-electron chi connectivity index (χ3n) is 3.92. The Labute approximate surface area is 128 Å². The summed E-state index contributed by atoms with van der Waals surface area (Å²) in [6.07, 6.45) is 0.191. The van der Waals surface area contributed by atoms with E-state index in [0.717, 1.165) is 5.56 Å². The van der Waals surface area contributed by atoms with Crippen molar-refractivity contribution in [3.05, 3.63) is 46.0 Å². The Balaban J connectivity index is 1.82. The van der Waals surface area contributed by atoms with Gasteiger partial charge in [-0.3, -0.25) is 19.7 Å². The molecule has 0 N–H and O–H groups in total. The molecule has 0 radical (unpaired) electrons. The molecule has 0 bridgehead atoms. The first-order valence-corrected chi connectivity index (χ1v) is 7.02. The van der Waals surface area contributed by atoms with Crippen LogP contribution >= 0.6 is 0 Å². The van der Waals surface area contributed by atoms with Gasteiger partial charge in [0.15, 0.2) is 6.61 Å². The van der Waals surface area contributed by atoms with E-state index in [1.54, 1.807) is 7.05 Å². The predicted molar refractivity (Wildman–Crippen MR) is 77.5 cm³/mol. The van der Waals surface area contributed by atoms with Crippen molar-refractivity contribution in [1.29, 1.82) is 0 Å². The van der Waals surface area contributed by atoms with E-state index in [9.17, 15) is 19.7 Å². The molecule has 0 spiro atoms. The minimum absolute atomic E-state index is 0.153. The fraction of sp³-hybridized carbons (Fsp3) is 0.467. The highest BCUT2D eigenvalue weighted by Crippen LogP contribution is 2.34. The third-order valence-corrected chi connectivity index (χ3v) is 3.92. The average Bonchev–Trinajstić information content (AvgIpc) is 3.32. The molecular weight excluding hydrogens is 288 g/mol. The van der Waals surface area contributed by atoms with E-state index in [4.69, 9.17) is 4.74 Å². The van der Waals surface area contributed by atoms with Crippen molar-refractivity contribution < 1.29 is 19.2 Å². The number of amides is 1. The fourth-order valence-corrected chi connectivity index (χ4v) is 2.18. The van der Waals surface area contributed by atoms with Gasteiger partial charge in [-0.05, 0) is 12.5 Å². The predicted octanol–water partition coefficient (Wildman–Crippen LogP) is 1.41. The number of carbonyl (C=O) groups is 2. The van der Waals surface area contributed by atoms with Gasteiger partial charge in [-0.15, -0.1) is 0 Å². The summed E-state index contributed by atoms with van der Waals surface area (Å²) in [5.41, 5.74) is 0.972. The Morgan fingerprint density at radius 2 is 2.05 bits per heavy atom. The molecule has 1 aromatic carbocycles. The van der Waals surface area contributed by atoms with Crippen molar-refractivity contribution in [2.45, 2.75) is 25.4 Å². The average molecular weight is 306 g/mol. The summed E-state index contributed by atoms with van der Waals surface area (Å²) in [6.45, 7) is 1.48. The van der Waals surface area contributed by atoms with Gasteiger partial charge in [-0.2, -0.15) is 0 Å². The van der Waals surface area contributed by atoms with Gasteiger partial charge in [0.1, 0.15) is 5.92 Å². The van der Waals surface area contributed by atoms with E-state index < -0.39 is 29.5 Å². The van der Waals surface area contributed by atoms with Gasteiger partial charge in [0.25, 0.3) is 5.91 Å². The van der Waals surface area contributed by atoms with Gasteiger partial charge in [0.2, 0.25) is 6.04 Å². The van der Waals surface area contributed by atoms with E-state index in [1.807, 2.05) is 37.3 Å². The van der Waals surface area contributed by atoms with Crippen LogP contribution in [0, 0.1) is 16.0 Å². The zero-order valence-electron chi connectivity index (χ0n) is 12.5. The normalized spacial score (nSPS) is 20.8. The van der Waals surface area contributed by atoms with Gasteiger partial charge in [0.05, 0.1) is 6.04 Å². The molecule has 0 saturated heterocycles. The summed E-state index contributed by atoms with van der Waals surface area (Å²) >= 11 is 0. The molecule has 7 nitrogen and oxygen atoms in total. The van der Waals surface area contributed by atoms with E-state index in [-0.39, 0.29) is 18.4 Å². The SMILES string of the molecule is CC(c1ccccc1)N(C)C(=O)COC(=O)C1CC1[N+](=O)[O-]. The van der Waals surface area contributed by atoms with Crippen molar-refractivity contribution in [1.82, 2.24) is 4.90 Å². The molecule has 7 heteroatoms. The van der Waals surface area contributed by atoms with Crippen LogP contribution in [-0.2, 0) is 14.3 Å². The molecule has 0 heterocycles. The minimum Gasteiger partial charge on any atom is -0.455 e. The highest BCUT2D eigenvalue weighted by molar-refractivity contribution is 5.82. The Morgan fingerprint density at radius 3 is 2.59 bits per heavy atom. The molecule has 2 rings (SSSR count). The van der Waals surface area contributed by atoms with Crippen LogP contribution in [0.5, 0.6) is 0 Å². The van der Waals surface area contributed by atoms with Crippen LogP contribution in [0.1, 0.15) is 24.9 Å². The van der Waals surface area contributed by atoms with Crippen LogP contribution in [0.2, 0.25) is 0 Å². The molecule has 1 amide bonds. The number of nitrogens with zero attached hydrogens (tertiary/aromatic N) is 2. The van der Waals surface area contributed by atoms with Crippen molar-refractivity contribution in [2.24, 2.45) is 5.92 Å². The van der Waals surface area contributed by atoms with E-state index in [1.165, 1.54) is 4.90 Å². The van der Waals surface area contributed by atoms with Crippen molar-refractivity contribution >= 4 is 11.9 Å².